The Hall–Kier alpha value is -1.66. The van der Waals surface area contributed by atoms with Crippen molar-refractivity contribution in [3.05, 3.63) is 33.9 Å². The van der Waals surface area contributed by atoms with Crippen molar-refractivity contribution >= 4 is 11.4 Å². The van der Waals surface area contributed by atoms with Crippen LogP contribution in [0.25, 0.3) is 0 Å². The van der Waals surface area contributed by atoms with Gasteiger partial charge >= 0.3 is 0 Å². The van der Waals surface area contributed by atoms with E-state index in [2.05, 4.69) is 23.9 Å². The zero-order valence-corrected chi connectivity index (χ0v) is 12.8. The maximum atomic E-state index is 10.8. The smallest absolute Gasteiger partial charge is 0.269 e. The molecule has 1 aromatic rings. The molecule has 2 N–H and O–H groups in total. The molecule has 0 unspecified atom stereocenters. The van der Waals surface area contributed by atoms with Crippen LogP contribution in [0.15, 0.2) is 18.2 Å². The minimum Gasteiger partial charge on any atom is -0.398 e. The maximum Gasteiger partial charge on any atom is 0.269 e. The van der Waals surface area contributed by atoms with E-state index in [-0.39, 0.29) is 10.6 Å². The number of hydrogen-bond acceptors (Lipinski definition) is 5. The van der Waals surface area contributed by atoms with Crippen LogP contribution in [0.3, 0.4) is 0 Å². The first-order chi connectivity index (χ1) is 9.95. The molecule has 1 fully saturated rings. The van der Waals surface area contributed by atoms with Gasteiger partial charge in [0.2, 0.25) is 0 Å². The summed E-state index contributed by atoms with van der Waals surface area (Å²) in [6, 6.07) is 4.69. The predicted molar refractivity (Wildman–Crippen MR) is 84.1 cm³/mol. The number of likely N-dealkylation sites (tertiary alicyclic amines) is 1. The Labute approximate surface area is 125 Å². The van der Waals surface area contributed by atoms with Gasteiger partial charge in [-0.25, -0.2) is 0 Å². The van der Waals surface area contributed by atoms with E-state index < -0.39 is 0 Å². The highest BCUT2D eigenvalue weighted by Gasteiger charge is 2.20. The molecule has 1 aliphatic rings. The number of non-ortho nitro benzene ring substituents is 1. The second-order valence-corrected chi connectivity index (χ2v) is 6.12. The van der Waals surface area contributed by atoms with Crippen molar-refractivity contribution in [2.75, 3.05) is 39.5 Å². The van der Waals surface area contributed by atoms with Crippen molar-refractivity contribution in [1.82, 2.24) is 9.80 Å². The summed E-state index contributed by atoms with van der Waals surface area (Å²) < 4.78 is 0. The van der Waals surface area contributed by atoms with Gasteiger partial charge in [0, 0.05) is 30.9 Å². The zero-order chi connectivity index (χ0) is 15.4. The van der Waals surface area contributed by atoms with Crippen molar-refractivity contribution in [2.45, 2.75) is 19.4 Å². The second kappa shape index (κ2) is 6.87. The molecule has 1 aromatic carbocycles. The summed E-state index contributed by atoms with van der Waals surface area (Å²) in [4.78, 5) is 15.0. The molecule has 0 aromatic heterocycles. The van der Waals surface area contributed by atoms with Crippen LogP contribution in [0.4, 0.5) is 11.4 Å². The number of benzene rings is 1. The zero-order valence-electron chi connectivity index (χ0n) is 12.8. The van der Waals surface area contributed by atoms with E-state index >= 15 is 0 Å². The number of nitrogens with two attached hydrogens (primary N) is 1. The predicted octanol–water partition coefficient (Wildman–Crippen LogP) is 1.95. The average Bonchev–Trinajstić information content (AvgIpc) is 2.42. The molecule has 0 bridgehead atoms. The number of anilines is 1. The van der Waals surface area contributed by atoms with Crippen molar-refractivity contribution in [1.29, 1.82) is 0 Å². The summed E-state index contributed by atoms with van der Waals surface area (Å²) >= 11 is 0. The lowest BCUT2D eigenvalue weighted by Gasteiger charge is -2.33. The largest absolute Gasteiger partial charge is 0.398 e. The lowest BCUT2D eigenvalue weighted by atomic mass is 9.96. The highest BCUT2D eigenvalue weighted by atomic mass is 16.6. The lowest BCUT2D eigenvalue weighted by Crippen LogP contribution is -2.36. The third kappa shape index (κ3) is 4.41. The molecule has 1 heterocycles. The van der Waals surface area contributed by atoms with Crippen LogP contribution >= 0.6 is 0 Å². The molecule has 0 atom stereocenters. The first-order valence-corrected chi connectivity index (χ1v) is 7.35. The molecule has 116 valence electrons. The quantitative estimate of drug-likeness (QED) is 0.510. The second-order valence-electron chi connectivity index (χ2n) is 6.12. The Morgan fingerprint density at radius 1 is 1.38 bits per heavy atom. The third-order valence-corrected chi connectivity index (χ3v) is 4.06. The summed E-state index contributed by atoms with van der Waals surface area (Å²) in [7, 11) is 4.21. The topological polar surface area (TPSA) is 75.6 Å². The van der Waals surface area contributed by atoms with Crippen LogP contribution in [-0.4, -0.2) is 48.5 Å². The fourth-order valence-corrected chi connectivity index (χ4v) is 2.93. The van der Waals surface area contributed by atoms with Crippen molar-refractivity contribution in [3.8, 4) is 0 Å². The van der Waals surface area contributed by atoms with Crippen molar-refractivity contribution < 1.29 is 4.92 Å². The molecule has 0 radical (unpaired) electrons. The number of nitrogen functional groups attached to an aromatic ring is 1. The molecule has 2 rings (SSSR count). The van der Waals surface area contributed by atoms with E-state index in [0.29, 0.717) is 12.2 Å². The Kier molecular flexibility index (Phi) is 5.14. The SMILES string of the molecule is CN(C)CC1CCN(Cc2cc([N+](=O)[O-])ccc2N)CC1. The first-order valence-electron chi connectivity index (χ1n) is 7.35. The Balaban J connectivity index is 1.94. The normalized spacial score (nSPS) is 17.3. The number of nitro benzene ring substituents is 1. The highest BCUT2D eigenvalue weighted by molar-refractivity contribution is 5.52. The molecular formula is C15H24N4O2. The molecule has 1 aliphatic heterocycles. The van der Waals surface area contributed by atoms with Gasteiger partial charge < -0.3 is 10.6 Å². The molecule has 0 aliphatic carbocycles. The molecule has 21 heavy (non-hydrogen) atoms. The van der Waals surface area contributed by atoms with Gasteiger partial charge in [0.05, 0.1) is 4.92 Å². The minimum absolute atomic E-state index is 0.113. The summed E-state index contributed by atoms with van der Waals surface area (Å²) in [5, 5.41) is 10.8. The molecule has 0 saturated carbocycles. The van der Waals surface area contributed by atoms with Gasteiger partial charge in [-0.15, -0.1) is 0 Å². The van der Waals surface area contributed by atoms with Crippen LogP contribution < -0.4 is 5.73 Å². The average molecular weight is 292 g/mol. The maximum absolute atomic E-state index is 10.8. The number of nitro groups is 1. The molecular weight excluding hydrogens is 268 g/mol. The van der Waals surface area contributed by atoms with E-state index in [1.807, 2.05) is 0 Å². The fraction of sp³-hybridized carbons (Fsp3) is 0.600. The van der Waals surface area contributed by atoms with Crippen LogP contribution in [0.2, 0.25) is 0 Å². The minimum atomic E-state index is -0.369. The van der Waals surface area contributed by atoms with Crippen molar-refractivity contribution in [3.63, 3.8) is 0 Å². The van der Waals surface area contributed by atoms with Gasteiger partial charge in [0.15, 0.2) is 0 Å². The summed E-state index contributed by atoms with van der Waals surface area (Å²) in [6.07, 6.45) is 2.35. The lowest BCUT2D eigenvalue weighted by molar-refractivity contribution is -0.384. The van der Waals surface area contributed by atoms with E-state index in [1.165, 1.54) is 18.9 Å². The van der Waals surface area contributed by atoms with Crippen LogP contribution in [0, 0.1) is 16.0 Å². The van der Waals surface area contributed by atoms with E-state index in [1.54, 1.807) is 12.1 Å². The van der Waals surface area contributed by atoms with Crippen LogP contribution in [-0.2, 0) is 6.54 Å². The van der Waals surface area contributed by atoms with Gasteiger partial charge in [-0.1, -0.05) is 0 Å². The summed E-state index contributed by atoms with van der Waals surface area (Å²) in [5.74, 6) is 0.749. The molecule has 0 spiro atoms. The number of nitrogens with zero attached hydrogens (tertiary/aromatic N) is 3. The van der Waals surface area contributed by atoms with Crippen molar-refractivity contribution in [2.24, 2.45) is 5.92 Å². The number of piperidine rings is 1. The Bertz CT molecular complexity index is 496. The first kappa shape index (κ1) is 15.7. The van der Waals surface area contributed by atoms with Gasteiger partial charge in [0.1, 0.15) is 0 Å². The molecule has 6 heteroatoms. The summed E-state index contributed by atoms with van der Waals surface area (Å²) in [6.45, 7) is 3.89. The van der Waals surface area contributed by atoms with E-state index in [9.17, 15) is 10.1 Å². The van der Waals surface area contributed by atoms with Gasteiger partial charge in [-0.2, -0.15) is 0 Å². The Morgan fingerprint density at radius 3 is 2.62 bits per heavy atom. The van der Waals surface area contributed by atoms with E-state index in [0.717, 1.165) is 31.1 Å². The Morgan fingerprint density at radius 2 is 2.05 bits per heavy atom. The molecule has 1 saturated heterocycles. The van der Waals surface area contributed by atoms with Gasteiger partial charge in [-0.3, -0.25) is 15.0 Å². The monoisotopic (exact) mass is 292 g/mol. The third-order valence-electron chi connectivity index (χ3n) is 4.06. The summed E-state index contributed by atoms with van der Waals surface area (Å²) in [5.41, 5.74) is 7.55. The highest BCUT2D eigenvalue weighted by Crippen LogP contribution is 2.24. The van der Waals surface area contributed by atoms with Crippen LogP contribution in [0.5, 0.6) is 0 Å². The van der Waals surface area contributed by atoms with Gasteiger partial charge in [0.25, 0.3) is 5.69 Å². The molecule has 0 amide bonds. The van der Waals surface area contributed by atoms with E-state index in [4.69, 9.17) is 5.73 Å². The van der Waals surface area contributed by atoms with Gasteiger partial charge in [-0.05, 0) is 57.6 Å². The molecule has 6 nitrogen and oxygen atoms in total. The fourth-order valence-electron chi connectivity index (χ4n) is 2.93. The number of rotatable bonds is 5. The number of hydrogen-bond donors (Lipinski definition) is 1. The van der Waals surface area contributed by atoms with Crippen LogP contribution in [0.1, 0.15) is 18.4 Å². The standard InChI is InChI=1S/C15H24N4O2/c1-17(2)10-12-5-7-18(8-6-12)11-13-9-14(19(20)21)3-4-15(13)16/h3-4,9,12H,5-8,10-11,16H2,1-2H3.